The Morgan fingerprint density at radius 3 is 2.00 bits per heavy atom. The van der Waals surface area contributed by atoms with Crippen LogP contribution in [0, 0.1) is 5.92 Å². The van der Waals surface area contributed by atoms with E-state index in [1.54, 1.807) is 29.7 Å². The van der Waals surface area contributed by atoms with Crippen LogP contribution in [0.4, 0.5) is 4.79 Å². The molecule has 4 N–H and O–H groups in total. The number of amides is 3. The molecule has 138 valence electrons. The van der Waals surface area contributed by atoms with Gasteiger partial charge >= 0.3 is 6.03 Å². The first kappa shape index (κ1) is 19.5. The number of urea groups is 1. The van der Waals surface area contributed by atoms with E-state index >= 15 is 0 Å². The van der Waals surface area contributed by atoms with Crippen LogP contribution in [0.15, 0.2) is 54.6 Å². The highest BCUT2D eigenvalue weighted by Gasteiger charge is 2.20. The van der Waals surface area contributed by atoms with E-state index in [-0.39, 0.29) is 24.0 Å². The molecule has 0 spiro atoms. The third-order valence-corrected chi connectivity index (χ3v) is 4.23. The molecule has 0 radical (unpaired) electrons. The zero-order valence-corrected chi connectivity index (χ0v) is 15.2. The summed E-state index contributed by atoms with van der Waals surface area (Å²) in [5.74, 6) is -0.412. The molecule has 0 aliphatic rings. The molecule has 2 atom stereocenters. The highest BCUT2D eigenvalue weighted by atomic mass is 16.5. The Labute approximate surface area is 153 Å². The van der Waals surface area contributed by atoms with Crippen LogP contribution in [0.3, 0.4) is 0 Å². The number of carbonyl (C=O) groups excluding carboxylic acids is 2. The van der Waals surface area contributed by atoms with Crippen molar-refractivity contribution in [3.63, 3.8) is 0 Å². The Balaban J connectivity index is 2.05. The van der Waals surface area contributed by atoms with Crippen LogP contribution in [0.1, 0.15) is 54.3 Å². The standard InChI is InChI=1S/C20H25N3O3/c1-13(2)18(16-9-11-17(12-10-16)19(24)23-26)22-20(25)21-14(3)15-7-5-4-6-8-15/h4-14,18,26H,1-3H3,(H,23,24)(H2,21,22,25)/t14-,18-/m1/s1. The fourth-order valence-corrected chi connectivity index (χ4v) is 2.75. The van der Waals surface area contributed by atoms with Crippen molar-refractivity contribution in [2.45, 2.75) is 32.9 Å². The smallest absolute Gasteiger partial charge is 0.315 e. The van der Waals surface area contributed by atoms with Crippen LogP contribution < -0.4 is 16.1 Å². The van der Waals surface area contributed by atoms with Crippen molar-refractivity contribution in [3.8, 4) is 0 Å². The number of hydrogen-bond acceptors (Lipinski definition) is 3. The lowest BCUT2D eigenvalue weighted by Gasteiger charge is -2.24. The van der Waals surface area contributed by atoms with E-state index in [9.17, 15) is 9.59 Å². The van der Waals surface area contributed by atoms with Gasteiger partial charge in [-0.1, -0.05) is 56.3 Å². The summed E-state index contributed by atoms with van der Waals surface area (Å²) in [6, 6.07) is 16.0. The molecular weight excluding hydrogens is 330 g/mol. The first-order valence-corrected chi connectivity index (χ1v) is 8.58. The number of hydrogen-bond donors (Lipinski definition) is 4. The molecule has 2 aromatic rings. The Kier molecular flexibility index (Phi) is 6.74. The van der Waals surface area contributed by atoms with Gasteiger partial charge in [0.15, 0.2) is 0 Å². The lowest BCUT2D eigenvalue weighted by molar-refractivity contribution is 0.0706. The monoisotopic (exact) mass is 355 g/mol. The molecular formula is C20H25N3O3. The molecule has 0 aromatic heterocycles. The van der Waals surface area contributed by atoms with Crippen molar-refractivity contribution in [2.24, 2.45) is 5.92 Å². The average molecular weight is 355 g/mol. The van der Waals surface area contributed by atoms with Crippen LogP contribution in [0.5, 0.6) is 0 Å². The van der Waals surface area contributed by atoms with Gasteiger partial charge in [-0.3, -0.25) is 10.0 Å². The van der Waals surface area contributed by atoms with Gasteiger partial charge in [-0.2, -0.15) is 0 Å². The molecule has 0 saturated heterocycles. The lowest BCUT2D eigenvalue weighted by Crippen LogP contribution is -2.40. The first-order valence-electron chi connectivity index (χ1n) is 8.58. The van der Waals surface area contributed by atoms with Crippen molar-refractivity contribution < 1.29 is 14.8 Å². The molecule has 3 amide bonds. The molecule has 0 fully saturated rings. The Hall–Kier alpha value is -2.86. The largest absolute Gasteiger partial charge is 0.332 e. The zero-order chi connectivity index (χ0) is 19.1. The summed E-state index contributed by atoms with van der Waals surface area (Å²) in [5, 5.41) is 14.6. The molecule has 0 aliphatic carbocycles. The molecule has 0 bridgehead atoms. The second-order valence-corrected chi connectivity index (χ2v) is 6.53. The second-order valence-electron chi connectivity index (χ2n) is 6.53. The van der Waals surface area contributed by atoms with E-state index in [4.69, 9.17) is 5.21 Å². The van der Waals surface area contributed by atoms with E-state index in [1.165, 1.54) is 0 Å². The maximum absolute atomic E-state index is 12.4. The van der Waals surface area contributed by atoms with Crippen molar-refractivity contribution >= 4 is 11.9 Å². The highest BCUT2D eigenvalue weighted by molar-refractivity contribution is 5.93. The molecule has 2 rings (SSSR count). The van der Waals surface area contributed by atoms with Gasteiger partial charge in [0.05, 0.1) is 12.1 Å². The van der Waals surface area contributed by atoms with Crippen LogP contribution in [0.2, 0.25) is 0 Å². The summed E-state index contributed by atoms with van der Waals surface area (Å²) in [7, 11) is 0. The summed E-state index contributed by atoms with van der Waals surface area (Å²) >= 11 is 0. The van der Waals surface area contributed by atoms with Crippen molar-refractivity contribution in [1.82, 2.24) is 16.1 Å². The van der Waals surface area contributed by atoms with E-state index in [1.807, 2.05) is 51.1 Å². The van der Waals surface area contributed by atoms with Gasteiger partial charge in [0.25, 0.3) is 5.91 Å². The van der Waals surface area contributed by atoms with Crippen molar-refractivity contribution in [3.05, 3.63) is 71.3 Å². The van der Waals surface area contributed by atoms with Crippen LogP contribution in [-0.4, -0.2) is 17.1 Å². The molecule has 26 heavy (non-hydrogen) atoms. The molecule has 0 saturated carbocycles. The minimum Gasteiger partial charge on any atom is -0.332 e. The van der Waals surface area contributed by atoms with E-state index in [2.05, 4.69) is 10.6 Å². The predicted octanol–water partition coefficient (Wildman–Crippen LogP) is 3.56. The van der Waals surface area contributed by atoms with Gasteiger partial charge in [-0.25, -0.2) is 10.3 Å². The summed E-state index contributed by atoms with van der Waals surface area (Å²) in [4.78, 5) is 23.8. The quantitative estimate of drug-likeness (QED) is 0.472. The van der Waals surface area contributed by atoms with Gasteiger partial charge < -0.3 is 10.6 Å². The lowest BCUT2D eigenvalue weighted by atomic mass is 9.95. The van der Waals surface area contributed by atoms with Gasteiger partial charge in [-0.15, -0.1) is 0 Å². The van der Waals surface area contributed by atoms with E-state index in [0.717, 1.165) is 11.1 Å². The van der Waals surface area contributed by atoms with E-state index < -0.39 is 5.91 Å². The number of carbonyl (C=O) groups is 2. The number of rotatable bonds is 6. The summed E-state index contributed by atoms with van der Waals surface area (Å²) in [6.45, 7) is 5.96. The Bertz CT molecular complexity index is 730. The Morgan fingerprint density at radius 1 is 0.846 bits per heavy atom. The fraction of sp³-hybridized carbons (Fsp3) is 0.300. The normalized spacial score (nSPS) is 13.0. The topological polar surface area (TPSA) is 90.5 Å². The predicted molar refractivity (Wildman–Crippen MR) is 99.8 cm³/mol. The average Bonchev–Trinajstić information content (AvgIpc) is 2.66. The number of benzene rings is 2. The summed E-state index contributed by atoms with van der Waals surface area (Å²) < 4.78 is 0. The van der Waals surface area contributed by atoms with Crippen LogP contribution in [-0.2, 0) is 0 Å². The van der Waals surface area contributed by atoms with E-state index in [0.29, 0.717) is 5.56 Å². The van der Waals surface area contributed by atoms with Gasteiger partial charge in [-0.05, 0) is 36.1 Å². The van der Waals surface area contributed by atoms with Gasteiger partial charge in [0, 0.05) is 5.56 Å². The zero-order valence-electron chi connectivity index (χ0n) is 15.2. The molecule has 0 unspecified atom stereocenters. The summed E-state index contributed by atoms with van der Waals surface area (Å²) in [6.07, 6.45) is 0. The SMILES string of the molecule is CC(C)[C@@H](NC(=O)N[C@H](C)c1ccccc1)c1ccc(C(=O)NO)cc1. The summed E-state index contributed by atoms with van der Waals surface area (Å²) in [5.41, 5.74) is 3.87. The van der Waals surface area contributed by atoms with Crippen LogP contribution in [0.25, 0.3) is 0 Å². The van der Waals surface area contributed by atoms with Gasteiger partial charge in [0.2, 0.25) is 0 Å². The second kappa shape index (κ2) is 9.01. The maximum Gasteiger partial charge on any atom is 0.315 e. The third kappa shape index (κ3) is 5.07. The molecule has 2 aromatic carbocycles. The number of nitrogens with one attached hydrogen (secondary N) is 3. The molecule has 6 nitrogen and oxygen atoms in total. The van der Waals surface area contributed by atoms with Crippen molar-refractivity contribution in [1.29, 1.82) is 0 Å². The molecule has 0 heterocycles. The maximum atomic E-state index is 12.4. The molecule has 6 heteroatoms. The van der Waals surface area contributed by atoms with Crippen LogP contribution >= 0.6 is 0 Å². The minimum absolute atomic E-state index is 0.111. The Morgan fingerprint density at radius 2 is 1.46 bits per heavy atom. The highest BCUT2D eigenvalue weighted by Crippen LogP contribution is 2.22. The number of hydroxylamine groups is 1. The fourth-order valence-electron chi connectivity index (χ4n) is 2.75. The molecule has 0 aliphatic heterocycles. The van der Waals surface area contributed by atoms with Crippen molar-refractivity contribution in [2.75, 3.05) is 0 Å². The first-order chi connectivity index (χ1) is 12.4. The van der Waals surface area contributed by atoms with Gasteiger partial charge in [0.1, 0.15) is 0 Å². The minimum atomic E-state index is -0.569. The third-order valence-electron chi connectivity index (χ3n) is 4.23.